The molecule has 11 heteroatoms. The number of halogens is 6. The first-order valence-corrected chi connectivity index (χ1v) is 7.71. The Morgan fingerprint density at radius 3 is 2.11 bits per heavy atom. The summed E-state index contributed by atoms with van der Waals surface area (Å²) in [6, 6.07) is 4.54. The van der Waals surface area contributed by atoms with Gasteiger partial charge in [-0.2, -0.15) is 31.4 Å². The summed E-state index contributed by atoms with van der Waals surface area (Å²) in [5.41, 5.74) is -1.24. The minimum absolute atomic E-state index is 0.0533. The molecule has 0 saturated heterocycles. The molecule has 0 aliphatic heterocycles. The lowest BCUT2D eigenvalue weighted by Crippen LogP contribution is -2.36. The standard InChI is InChI=1S/C16H17F6N5/c1-23-14(24-7-10-3-5-12(6-4-10)15(17,18)19)25-8-11-9-27(2)26-13(11)16(20,21)22/h3-6,9H,7-8H2,1-2H3,(H2,23,24,25). The van der Waals surface area contributed by atoms with E-state index in [0.717, 1.165) is 16.8 Å². The van der Waals surface area contributed by atoms with Gasteiger partial charge in [-0.05, 0) is 17.7 Å². The van der Waals surface area contributed by atoms with Crippen molar-refractivity contribution in [2.45, 2.75) is 25.4 Å². The van der Waals surface area contributed by atoms with Gasteiger partial charge in [-0.15, -0.1) is 0 Å². The van der Waals surface area contributed by atoms with Crippen LogP contribution in [0.3, 0.4) is 0 Å². The Balaban J connectivity index is 1.96. The van der Waals surface area contributed by atoms with E-state index in [-0.39, 0.29) is 24.6 Å². The predicted octanol–water partition coefficient (Wildman–Crippen LogP) is 3.32. The van der Waals surface area contributed by atoms with Crippen molar-refractivity contribution in [1.82, 2.24) is 20.4 Å². The second kappa shape index (κ2) is 7.89. The van der Waals surface area contributed by atoms with Crippen LogP contribution in [-0.2, 0) is 32.5 Å². The molecule has 1 aromatic carbocycles. The van der Waals surface area contributed by atoms with Crippen molar-refractivity contribution in [3.63, 3.8) is 0 Å². The summed E-state index contributed by atoms with van der Waals surface area (Å²) in [6.07, 6.45) is -7.74. The van der Waals surface area contributed by atoms with E-state index in [1.54, 1.807) is 0 Å². The van der Waals surface area contributed by atoms with E-state index in [1.807, 2.05) is 0 Å². The number of benzene rings is 1. The number of alkyl halides is 6. The van der Waals surface area contributed by atoms with Gasteiger partial charge >= 0.3 is 12.4 Å². The summed E-state index contributed by atoms with van der Waals surface area (Å²) < 4.78 is 77.5. The van der Waals surface area contributed by atoms with Crippen LogP contribution in [0.25, 0.3) is 0 Å². The number of aryl methyl sites for hydroxylation is 1. The Kier molecular flexibility index (Phi) is 6.01. The third kappa shape index (κ3) is 5.63. The molecule has 0 atom stereocenters. The van der Waals surface area contributed by atoms with Crippen LogP contribution in [0.5, 0.6) is 0 Å². The number of rotatable bonds is 4. The van der Waals surface area contributed by atoms with E-state index in [0.29, 0.717) is 5.56 Å². The minimum Gasteiger partial charge on any atom is -0.352 e. The normalized spacial score (nSPS) is 13.0. The fraction of sp³-hybridized carbons (Fsp3) is 0.375. The predicted molar refractivity (Wildman–Crippen MR) is 86.7 cm³/mol. The minimum atomic E-state index is -4.57. The first kappa shape index (κ1) is 20.6. The van der Waals surface area contributed by atoms with Crippen LogP contribution in [0.15, 0.2) is 35.5 Å². The quantitative estimate of drug-likeness (QED) is 0.476. The monoisotopic (exact) mass is 393 g/mol. The molecule has 0 bridgehead atoms. The first-order chi connectivity index (χ1) is 12.5. The summed E-state index contributed by atoms with van der Waals surface area (Å²) >= 11 is 0. The van der Waals surface area contributed by atoms with Crippen LogP contribution >= 0.6 is 0 Å². The van der Waals surface area contributed by atoms with Crippen molar-refractivity contribution in [1.29, 1.82) is 0 Å². The van der Waals surface area contributed by atoms with Crippen LogP contribution in [0.4, 0.5) is 26.3 Å². The van der Waals surface area contributed by atoms with Crippen LogP contribution in [0, 0.1) is 0 Å². The van der Waals surface area contributed by atoms with E-state index in [4.69, 9.17) is 0 Å². The van der Waals surface area contributed by atoms with Crippen LogP contribution < -0.4 is 10.6 Å². The molecule has 2 aromatic rings. The molecule has 148 valence electrons. The molecule has 0 aliphatic carbocycles. The van der Waals surface area contributed by atoms with Gasteiger partial charge < -0.3 is 10.6 Å². The molecule has 0 radical (unpaired) electrons. The molecule has 0 aliphatic rings. The molecular weight excluding hydrogens is 376 g/mol. The molecule has 2 N–H and O–H groups in total. The highest BCUT2D eigenvalue weighted by molar-refractivity contribution is 5.79. The number of nitrogens with zero attached hydrogens (tertiary/aromatic N) is 3. The highest BCUT2D eigenvalue weighted by atomic mass is 19.4. The number of hydrogen-bond donors (Lipinski definition) is 2. The zero-order valence-electron chi connectivity index (χ0n) is 14.4. The third-order valence-electron chi connectivity index (χ3n) is 3.58. The van der Waals surface area contributed by atoms with E-state index >= 15 is 0 Å². The van der Waals surface area contributed by atoms with Gasteiger partial charge in [0.25, 0.3) is 0 Å². The highest BCUT2D eigenvalue weighted by Crippen LogP contribution is 2.30. The zero-order chi connectivity index (χ0) is 20.2. The summed E-state index contributed by atoms with van der Waals surface area (Å²) in [5.74, 6) is 0.201. The van der Waals surface area contributed by atoms with Gasteiger partial charge in [0.2, 0.25) is 0 Å². The van der Waals surface area contributed by atoms with Crippen molar-refractivity contribution in [3.05, 3.63) is 52.8 Å². The second-order valence-electron chi connectivity index (χ2n) is 5.65. The average Bonchev–Trinajstić information content (AvgIpc) is 2.96. The molecule has 0 fully saturated rings. The lowest BCUT2D eigenvalue weighted by atomic mass is 10.1. The molecule has 0 saturated carbocycles. The number of nitrogens with one attached hydrogen (secondary N) is 2. The maximum Gasteiger partial charge on any atom is 0.435 e. The van der Waals surface area contributed by atoms with Gasteiger partial charge in [0.1, 0.15) is 0 Å². The van der Waals surface area contributed by atoms with Gasteiger partial charge in [0.15, 0.2) is 11.7 Å². The molecule has 27 heavy (non-hydrogen) atoms. The largest absolute Gasteiger partial charge is 0.435 e. The lowest BCUT2D eigenvalue weighted by molar-refractivity contribution is -0.142. The van der Waals surface area contributed by atoms with E-state index < -0.39 is 23.6 Å². The number of aromatic nitrogens is 2. The topological polar surface area (TPSA) is 54.2 Å². The van der Waals surface area contributed by atoms with Gasteiger partial charge in [-0.1, -0.05) is 12.1 Å². The zero-order valence-corrected chi connectivity index (χ0v) is 14.4. The SMILES string of the molecule is CN=C(NCc1ccc(C(F)(F)F)cc1)NCc1cn(C)nc1C(F)(F)F. The average molecular weight is 393 g/mol. The van der Waals surface area contributed by atoms with E-state index in [1.165, 1.54) is 32.4 Å². The molecule has 0 amide bonds. The van der Waals surface area contributed by atoms with Crippen molar-refractivity contribution in [2.75, 3.05) is 7.05 Å². The fourth-order valence-electron chi connectivity index (χ4n) is 2.30. The fourth-order valence-corrected chi connectivity index (χ4v) is 2.30. The summed E-state index contributed by atoms with van der Waals surface area (Å²) in [5, 5.41) is 8.96. The Morgan fingerprint density at radius 1 is 1.00 bits per heavy atom. The van der Waals surface area contributed by atoms with Crippen molar-refractivity contribution in [3.8, 4) is 0 Å². The summed E-state index contributed by atoms with van der Waals surface area (Å²) in [7, 11) is 2.81. The maximum absolute atomic E-state index is 12.9. The third-order valence-corrected chi connectivity index (χ3v) is 3.58. The lowest BCUT2D eigenvalue weighted by Gasteiger charge is -2.13. The number of aliphatic imine (C=N–C) groups is 1. The first-order valence-electron chi connectivity index (χ1n) is 7.71. The molecule has 1 aromatic heterocycles. The Bertz CT molecular complexity index is 789. The molecule has 2 rings (SSSR count). The van der Waals surface area contributed by atoms with Crippen LogP contribution in [0.2, 0.25) is 0 Å². The smallest absolute Gasteiger partial charge is 0.352 e. The van der Waals surface area contributed by atoms with Gasteiger partial charge in [-0.3, -0.25) is 9.67 Å². The van der Waals surface area contributed by atoms with Crippen LogP contribution in [-0.4, -0.2) is 22.8 Å². The van der Waals surface area contributed by atoms with Gasteiger partial charge in [-0.25, -0.2) is 0 Å². The Hall–Kier alpha value is -2.72. The molecular formula is C16H17F6N5. The van der Waals surface area contributed by atoms with Gasteiger partial charge in [0, 0.05) is 38.9 Å². The molecule has 0 spiro atoms. The highest BCUT2D eigenvalue weighted by Gasteiger charge is 2.36. The van der Waals surface area contributed by atoms with Gasteiger partial charge in [0.05, 0.1) is 5.56 Å². The summed E-state index contributed by atoms with van der Waals surface area (Å²) in [6.45, 7) is -0.0215. The maximum atomic E-state index is 12.9. The number of hydrogen-bond acceptors (Lipinski definition) is 2. The Labute approximate surface area is 151 Å². The van der Waals surface area contributed by atoms with Crippen LogP contribution in [0.1, 0.15) is 22.4 Å². The van der Waals surface area contributed by atoms with Crippen molar-refractivity contribution in [2.24, 2.45) is 12.0 Å². The molecule has 0 unspecified atom stereocenters. The van der Waals surface area contributed by atoms with Crippen molar-refractivity contribution >= 4 is 5.96 Å². The van der Waals surface area contributed by atoms with E-state index in [2.05, 4.69) is 20.7 Å². The Morgan fingerprint density at radius 2 is 1.59 bits per heavy atom. The second-order valence-corrected chi connectivity index (χ2v) is 5.65. The summed E-state index contributed by atoms with van der Waals surface area (Å²) in [4.78, 5) is 3.88. The molecule has 5 nitrogen and oxygen atoms in total. The van der Waals surface area contributed by atoms with Crippen molar-refractivity contribution < 1.29 is 26.3 Å². The molecule has 1 heterocycles. The number of guanidine groups is 1. The van der Waals surface area contributed by atoms with E-state index in [9.17, 15) is 26.3 Å².